The number of piperidine rings is 2. The highest BCUT2D eigenvalue weighted by molar-refractivity contribution is 6.31. The first-order valence-electron chi connectivity index (χ1n) is 20.5. The number of amides is 3. The summed E-state index contributed by atoms with van der Waals surface area (Å²) in [6, 6.07) is 19.0. The second-order valence-electron chi connectivity index (χ2n) is 17.8. The van der Waals surface area contributed by atoms with Gasteiger partial charge in [0, 0.05) is 105 Å². The molecule has 4 aliphatic rings. The van der Waals surface area contributed by atoms with Crippen LogP contribution in [0.15, 0.2) is 65.5 Å². The maximum absolute atomic E-state index is 16.3. The van der Waals surface area contributed by atoms with Crippen molar-refractivity contribution in [2.75, 3.05) is 55.6 Å². The van der Waals surface area contributed by atoms with Gasteiger partial charge in [-0.15, -0.1) is 5.10 Å². The van der Waals surface area contributed by atoms with E-state index in [1.54, 1.807) is 30.3 Å². The Morgan fingerprint density at radius 1 is 0.933 bits per heavy atom. The molecule has 314 valence electrons. The predicted molar refractivity (Wildman–Crippen MR) is 225 cm³/mol. The SMILES string of the molecule is CC1(C)C(NC(=O)c2ccc(N3CCN(CC4(F)CCN(c5ccc6nnn(C7CCC(=O)NC7=O)c(=O)c6c5)CC4)CC3)cc2)C(C)(C)C1Oc1ccc(C#N)c(Cl)c1. The van der Waals surface area contributed by atoms with E-state index in [1.807, 2.05) is 30.3 Å². The molecular formula is C44H49ClFN9O5. The van der Waals surface area contributed by atoms with E-state index >= 15 is 4.39 Å². The number of hydrogen-bond acceptors (Lipinski definition) is 11. The summed E-state index contributed by atoms with van der Waals surface area (Å²) in [5.74, 6) is -0.519. The number of piperazine rings is 1. The Balaban J connectivity index is 0.817. The first-order valence-corrected chi connectivity index (χ1v) is 20.9. The monoisotopic (exact) mass is 837 g/mol. The summed E-state index contributed by atoms with van der Waals surface area (Å²) in [4.78, 5) is 57.5. The highest BCUT2D eigenvalue weighted by atomic mass is 35.5. The number of alkyl halides is 1. The zero-order chi connectivity index (χ0) is 42.6. The quantitative estimate of drug-likeness (QED) is 0.217. The molecule has 3 saturated heterocycles. The van der Waals surface area contributed by atoms with Crippen molar-refractivity contribution in [3.63, 3.8) is 0 Å². The molecule has 0 spiro atoms. The second-order valence-corrected chi connectivity index (χ2v) is 18.2. The van der Waals surface area contributed by atoms with E-state index in [4.69, 9.17) is 16.3 Å². The molecule has 1 atom stereocenters. The molecule has 60 heavy (non-hydrogen) atoms. The Bertz CT molecular complexity index is 2420. The van der Waals surface area contributed by atoms with Crippen molar-refractivity contribution in [3.8, 4) is 11.8 Å². The van der Waals surface area contributed by atoms with E-state index in [9.17, 15) is 24.4 Å². The Hall–Kier alpha value is -5.59. The minimum absolute atomic E-state index is 0.117. The number of nitrogens with zero attached hydrogens (tertiary/aromatic N) is 7. The van der Waals surface area contributed by atoms with E-state index in [-0.39, 0.29) is 47.6 Å². The minimum atomic E-state index is -1.35. The molecular weight excluding hydrogens is 789 g/mol. The van der Waals surface area contributed by atoms with Crippen LogP contribution in [-0.2, 0) is 9.59 Å². The van der Waals surface area contributed by atoms with Crippen molar-refractivity contribution in [2.45, 2.75) is 77.2 Å². The van der Waals surface area contributed by atoms with E-state index in [0.717, 1.165) is 29.1 Å². The summed E-state index contributed by atoms with van der Waals surface area (Å²) in [5, 5.41) is 23.5. The molecule has 3 amide bonds. The summed E-state index contributed by atoms with van der Waals surface area (Å²) < 4.78 is 23.7. The van der Waals surface area contributed by atoms with Crippen LogP contribution in [0.2, 0.25) is 5.02 Å². The van der Waals surface area contributed by atoms with Crippen molar-refractivity contribution in [1.29, 1.82) is 5.26 Å². The second kappa shape index (κ2) is 15.8. The zero-order valence-electron chi connectivity index (χ0n) is 34.2. The number of hydrogen-bond donors (Lipinski definition) is 2. The molecule has 3 aliphatic heterocycles. The average Bonchev–Trinajstić information content (AvgIpc) is 3.22. The largest absolute Gasteiger partial charge is 0.489 e. The van der Waals surface area contributed by atoms with Crippen LogP contribution in [0.4, 0.5) is 15.8 Å². The van der Waals surface area contributed by atoms with Gasteiger partial charge >= 0.3 is 0 Å². The number of anilines is 2. The molecule has 1 unspecified atom stereocenters. The third kappa shape index (κ3) is 7.78. The summed E-state index contributed by atoms with van der Waals surface area (Å²) >= 11 is 6.25. The molecule has 1 saturated carbocycles. The Morgan fingerprint density at radius 2 is 1.60 bits per heavy atom. The summed E-state index contributed by atoms with van der Waals surface area (Å²) in [6.45, 7) is 12.5. The van der Waals surface area contributed by atoms with E-state index < -0.39 is 23.2 Å². The van der Waals surface area contributed by atoms with Gasteiger partial charge in [0.05, 0.1) is 16.0 Å². The highest BCUT2D eigenvalue weighted by Gasteiger charge is 2.64. The molecule has 1 aliphatic carbocycles. The van der Waals surface area contributed by atoms with Crippen molar-refractivity contribution >= 4 is 51.6 Å². The third-order valence-corrected chi connectivity index (χ3v) is 13.3. The predicted octanol–water partition coefficient (Wildman–Crippen LogP) is 5.04. The van der Waals surface area contributed by atoms with E-state index in [2.05, 4.69) is 69.4 Å². The van der Waals surface area contributed by atoms with E-state index in [0.29, 0.717) is 78.4 Å². The lowest BCUT2D eigenvalue weighted by Gasteiger charge is -2.63. The molecule has 8 rings (SSSR count). The van der Waals surface area contributed by atoms with E-state index in [1.165, 1.54) is 0 Å². The number of benzene rings is 3. The Labute approximate surface area is 352 Å². The van der Waals surface area contributed by atoms with Crippen molar-refractivity contribution < 1.29 is 23.5 Å². The molecule has 0 bridgehead atoms. The molecule has 16 heteroatoms. The lowest BCUT2D eigenvalue weighted by molar-refractivity contribution is -0.164. The van der Waals surface area contributed by atoms with Gasteiger partial charge in [0.15, 0.2) is 0 Å². The zero-order valence-corrected chi connectivity index (χ0v) is 35.0. The lowest BCUT2D eigenvalue weighted by atomic mass is 9.49. The smallest absolute Gasteiger partial charge is 0.278 e. The molecule has 0 radical (unpaired) electrons. The maximum Gasteiger partial charge on any atom is 0.278 e. The van der Waals surface area contributed by atoms with Gasteiger partial charge in [0.25, 0.3) is 17.4 Å². The van der Waals surface area contributed by atoms with Crippen LogP contribution in [0, 0.1) is 22.2 Å². The van der Waals surface area contributed by atoms with Crippen molar-refractivity contribution in [3.05, 3.63) is 87.2 Å². The number of carbonyl (C=O) groups is 3. The Morgan fingerprint density at radius 3 is 2.25 bits per heavy atom. The molecule has 4 aromatic rings. The molecule has 4 heterocycles. The molecule has 2 N–H and O–H groups in total. The number of nitrogens with one attached hydrogen (secondary N) is 2. The number of ether oxygens (including phenoxy) is 1. The van der Waals surface area contributed by atoms with Gasteiger partial charge in [-0.1, -0.05) is 44.5 Å². The van der Waals surface area contributed by atoms with Crippen molar-refractivity contribution in [2.24, 2.45) is 10.8 Å². The van der Waals surface area contributed by atoms with Crippen LogP contribution >= 0.6 is 11.6 Å². The summed E-state index contributed by atoms with van der Waals surface area (Å²) in [5.41, 5.74) is 0.589. The number of halogens is 2. The number of rotatable bonds is 9. The highest BCUT2D eigenvalue weighted by Crippen LogP contribution is 2.55. The normalized spacial score (nSPS) is 23.6. The summed E-state index contributed by atoms with van der Waals surface area (Å²) in [6.07, 6.45) is 0.782. The van der Waals surface area contributed by atoms with Crippen molar-refractivity contribution in [1.82, 2.24) is 30.5 Å². The number of imide groups is 1. The fourth-order valence-electron chi connectivity index (χ4n) is 9.88. The molecule has 1 aromatic heterocycles. The topological polar surface area (TPSA) is 166 Å². The molecule has 14 nitrogen and oxygen atoms in total. The Kier molecular flexibility index (Phi) is 10.8. The van der Waals surface area contributed by atoms with Crippen LogP contribution in [0.1, 0.15) is 75.3 Å². The first-order chi connectivity index (χ1) is 28.6. The number of aromatic nitrogens is 3. The fraction of sp³-hybridized carbons (Fsp3) is 0.477. The fourth-order valence-corrected chi connectivity index (χ4v) is 10.1. The van der Waals surface area contributed by atoms with Crippen LogP contribution in [0.3, 0.4) is 0 Å². The van der Waals surface area contributed by atoms with Gasteiger partial charge in [-0.2, -0.15) is 9.94 Å². The van der Waals surface area contributed by atoms with Gasteiger partial charge in [0.2, 0.25) is 5.91 Å². The van der Waals surface area contributed by atoms with Gasteiger partial charge in [-0.05, 0) is 61.0 Å². The lowest BCUT2D eigenvalue weighted by Crippen LogP contribution is -2.74. The third-order valence-electron chi connectivity index (χ3n) is 13.0. The number of carbonyl (C=O) groups excluding carboxylic acids is 3. The number of fused-ring (bicyclic) bond motifs is 1. The van der Waals surface area contributed by atoms with Crippen LogP contribution in [0.25, 0.3) is 10.9 Å². The standard InChI is InChI=1S/C44H49ClFN9O5/c1-42(2)40(43(3,4)41(42)60-31-11-7-28(25-47)33(45)24-31)49-37(57)27-5-8-29(9-6-27)54-21-19-52(20-22-54)26-44(46)15-17-53(18-16-44)30-10-12-34-32(23-30)39(59)55(51-50-34)35-13-14-36(56)48-38(35)58/h5-12,23-24,35,40-41H,13-22,26H2,1-4H3,(H,49,57)(H,48,56,58). The van der Waals surface area contributed by atoms with Gasteiger partial charge in [-0.25, -0.2) is 4.39 Å². The summed E-state index contributed by atoms with van der Waals surface area (Å²) in [7, 11) is 0. The van der Waals surface area contributed by atoms with Gasteiger partial charge in [-0.3, -0.25) is 29.4 Å². The molecule has 3 aromatic carbocycles. The molecule has 4 fully saturated rings. The minimum Gasteiger partial charge on any atom is -0.489 e. The maximum atomic E-state index is 16.3. The van der Waals surface area contributed by atoms with Crippen LogP contribution in [0.5, 0.6) is 5.75 Å². The van der Waals surface area contributed by atoms with Gasteiger partial charge < -0.3 is 19.9 Å². The first kappa shape index (κ1) is 41.2. The number of nitriles is 1. The average molecular weight is 838 g/mol. The van der Waals surface area contributed by atoms with Gasteiger partial charge in [0.1, 0.15) is 35.2 Å². The van der Waals surface area contributed by atoms with Crippen LogP contribution in [-0.4, -0.2) is 101 Å². The van der Waals surface area contributed by atoms with Crippen LogP contribution < -0.4 is 30.7 Å².